The van der Waals surface area contributed by atoms with Gasteiger partial charge in [0.2, 0.25) is 5.96 Å². The van der Waals surface area contributed by atoms with Gasteiger partial charge in [-0.05, 0) is 38.8 Å². The lowest BCUT2D eigenvalue weighted by atomic mass is 10.1. The number of anilines is 1. The monoisotopic (exact) mass is 425 g/mol. The van der Waals surface area contributed by atoms with Gasteiger partial charge in [0.1, 0.15) is 6.54 Å². The second-order valence-corrected chi connectivity index (χ2v) is 7.77. The van der Waals surface area contributed by atoms with E-state index < -0.39 is 36.7 Å². The van der Waals surface area contributed by atoms with Crippen molar-refractivity contribution in [3.8, 4) is 0 Å². The summed E-state index contributed by atoms with van der Waals surface area (Å²) in [6.07, 6.45) is 0.192. The Balaban J connectivity index is 1.73. The summed E-state index contributed by atoms with van der Waals surface area (Å²) in [6, 6.07) is 6.81. The molecule has 2 unspecified atom stereocenters. The first-order chi connectivity index (χ1) is 14.8. The second kappa shape index (κ2) is 7.72. The summed E-state index contributed by atoms with van der Waals surface area (Å²) in [7, 11) is 1.60. The van der Waals surface area contributed by atoms with Crippen LogP contribution in [0.1, 0.15) is 33.3 Å². The largest absolute Gasteiger partial charge is 0.465 e. The van der Waals surface area contributed by atoms with Crippen LogP contribution in [-0.4, -0.2) is 71.0 Å². The number of para-hydroxylation sites is 1. The fraction of sp³-hybridized carbons (Fsp3) is 0.455. The first-order valence-electron chi connectivity index (χ1n) is 10.5. The van der Waals surface area contributed by atoms with Gasteiger partial charge in [-0.15, -0.1) is 0 Å². The summed E-state index contributed by atoms with van der Waals surface area (Å²) in [5.41, 5.74) is 4.03. The number of aliphatic imine (C=N–C) groups is 1. The minimum atomic E-state index is -0.721. The number of hydrogen-bond donors (Lipinski definition) is 0. The zero-order valence-corrected chi connectivity index (χ0v) is 18.5. The number of urea groups is 1. The van der Waals surface area contributed by atoms with E-state index in [9.17, 15) is 14.4 Å². The van der Waals surface area contributed by atoms with Gasteiger partial charge in [0, 0.05) is 18.4 Å². The van der Waals surface area contributed by atoms with Gasteiger partial charge in [0.05, 0.1) is 12.3 Å². The zero-order valence-electron chi connectivity index (χ0n) is 18.5. The summed E-state index contributed by atoms with van der Waals surface area (Å²) in [6.45, 7) is 7.49. The molecule has 0 bridgehead atoms. The van der Waals surface area contributed by atoms with E-state index in [4.69, 9.17) is 9.73 Å². The van der Waals surface area contributed by atoms with E-state index in [1.54, 1.807) is 14.0 Å². The molecule has 31 heavy (non-hydrogen) atoms. The lowest BCUT2D eigenvalue weighted by molar-refractivity contribution is -0.150. The molecule has 4 rings (SSSR count). The molecule has 164 valence electrons. The number of imide groups is 1. The summed E-state index contributed by atoms with van der Waals surface area (Å²) in [5, 5.41) is 0. The molecule has 3 aliphatic rings. The van der Waals surface area contributed by atoms with E-state index in [2.05, 4.69) is 13.0 Å². The van der Waals surface area contributed by atoms with Gasteiger partial charge < -0.3 is 9.64 Å². The minimum absolute atomic E-state index is 0.184. The van der Waals surface area contributed by atoms with Crippen molar-refractivity contribution in [2.75, 3.05) is 25.1 Å². The molecule has 3 aliphatic heterocycles. The molecule has 1 saturated heterocycles. The van der Waals surface area contributed by atoms with Crippen molar-refractivity contribution in [3.63, 3.8) is 0 Å². The summed E-state index contributed by atoms with van der Waals surface area (Å²) >= 11 is 0. The fourth-order valence-electron chi connectivity index (χ4n) is 4.41. The normalized spacial score (nSPS) is 22.8. The Morgan fingerprint density at radius 3 is 2.52 bits per heavy atom. The second-order valence-electron chi connectivity index (χ2n) is 7.77. The lowest BCUT2D eigenvalue weighted by Crippen LogP contribution is -2.65. The molecule has 1 fully saturated rings. The Kier molecular flexibility index (Phi) is 5.20. The standard InChI is InChI=1S/C22H27N5O4/c1-6-15-10-8-9-11-16(15)26-13(3)14(4)27-18-19(23-21(26)27)24(5)22(30)25(20(18)29)12-17(28)31-7-2/h8-11,18-19H,6-7,12H2,1-5H3. The van der Waals surface area contributed by atoms with Crippen LogP contribution in [0.25, 0.3) is 0 Å². The van der Waals surface area contributed by atoms with Crippen LogP contribution in [0, 0.1) is 0 Å². The third-order valence-corrected chi connectivity index (χ3v) is 6.10. The van der Waals surface area contributed by atoms with Crippen LogP contribution in [0.5, 0.6) is 0 Å². The number of hydrogen-bond acceptors (Lipinski definition) is 7. The number of likely N-dealkylation sites (N-methyl/N-ethyl adjacent to an activating group) is 1. The van der Waals surface area contributed by atoms with Gasteiger partial charge >= 0.3 is 12.0 Å². The number of amides is 3. The molecule has 0 aliphatic carbocycles. The van der Waals surface area contributed by atoms with Crippen molar-refractivity contribution in [1.29, 1.82) is 0 Å². The number of ether oxygens (including phenoxy) is 1. The van der Waals surface area contributed by atoms with Gasteiger partial charge in [-0.3, -0.25) is 24.3 Å². The van der Waals surface area contributed by atoms with Crippen LogP contribution in [-0.2, 0) is 20.7 Å². The average molecular weight is 425 g/mol. The smallest absolute Gasteiger partial charge is 0.328 e. The van der Waals surface area contributed by atoms with E-state index in [1.807, 2.05) is 41.8 Å². The Morgan fingerprint density at radius 2 is 1.84 bits per heavy atom. The van der Waals surface area contributed by atoms with Crippen molar-refractivity contribution in [2.24, 2.45) is 4.99 Å². The maximum atomic E-state index is 13.4. The topological polar surface area (TPSA) is 85.8 Å². The van der Waals surface area contributed by atoms with E-state index in [-0.39, 0.29) is 6.61 Å². The third-order valence-electron chi connectivity index (χ3n) is 6.10. The van der Waals surface area contributed by atoms with Crippen molar-refractivity contribution < 1.29 is 19.1 Å². The molecular weight excluding hydrogens is 398 g/mol. The molecule has 0 N–H and O–H groups in total. The van der Waals surface area contributed by atoms with Crippen LogP contribution in [0.3, 0.4) is 0 Å². The molecule has 0 aromatic heterocycles. The molecule has 0 radical (unpaired) electrons. The average Bonchev–Trinajstić information content (AvgIpc) is 3.25. The molecule has 3 heterocycles. The van der Waals surface area contributed by atoms with E-state index in [1.165, 1.54) is 4.90 Å². The van der Waals surface area contributed by atoms with E-state index in [0.29, 0.717) is 5.96 Å². The third kappa shape index (κ3) is 3.07. The summed E-state index contributed by atoms with van der Waals surface area (Å²) in [5.74, 6) is -0.437. The Labute approximate surface area is 181 Å². The Morgan fingerprint density at radius 1 is 1.13 bits per heavy atom. The highest BCUT2D eigenvalue weighted by molar-refractivity contribution is 6.11. The van der Waals surface area contributed by atoms with Crippen LogP contribution in [0.4, 0.5) is 10.5 Å². The molecule has 0 saturated carbocycles. The number of fused-ring (bicyclic) bond motifs is 3. The zero-order chi connectivity index (χ0) is 22.4. The molecule has 1 aromatic rings. The maximum absolute atomic E-state index is 13.4. The molecular formula is C22H27N5O4. The number of carbonyl (C=O) groups excluding carboxylic acids is 3. The van der Waals surface area contributed by atoms with Crippen LogP contribution in [0.15, 0.2) is 40.7 Å². The quantitative estimate of drug-likeness (QED) is 0.672. The van der Waals surface area contributed by atoms with E-state index in [0.717, 1.165) is 34.0 Å². The van der Waals surface area contributed by atoms with Crippen molar-refractivity contribution in [1.82, 2.24) is 14.7 Å². The number of benzene rings is 1. The van der Waals surface area contributed by atoms with Crippen LogP contribution < -0.4 is 4.90 Å². The van der Waals surface area contributed by atoms with Crippen LogP contribution >= 0.6 is 0 Å². The number of rotatable bonds is 5. The molecule has 1 aromatic carbocycles. The highest BCUT2D eigenvalue weighted by Gasteiger charge is 2.56. The highest BCUT2D eigenvalue weighted by Crippen LogP contribution is 2.40. The SMILES string of the molecule is CCOC(=O)CN1C(=O)C2C(N=C3N(c4ccccc4CC)C(C)=C(C)N32)N(C)C1=O. The van der Waals surface area contributed by atoms with Gasteiger partial charge in [-0.2, -0.15) is 0 Å². The Bertz CT molecular complexity index is 1020. The number of carbonyl (C=O) groups is 3. The van der Waals surface area contributed by atoms with Gasteiger partial charge in [-0.1, -0.05) is 25.1 Å². The molecule has 9 nitrogen and oxygen atoms in total. The fourth-order valence-corrected chi connectivity index (χ4v) is 4.41. The van der Waals surface area contributed by atoms with Crippen LogP contribution in [0.2, 0.25) is 0 Å². The molecule has 2 atom stereocenters. The number of guanidine groups is 1. The van der Waals surface area contributed by atoms with Crippen molar-refractivity contribution in [3.05, 3.63) is 41.2 Å². The number of esters is 1. The first-order valence-corrected chi connectivity index (χ1v) is 10.5. The molecule has 9 heteroatoms. The highest BCUT2D eigenvalue weighted by atomic mass is 16.5. The van der Waals surface area contributed by atoms with Gasteiger partial charge in [0.25, 0.3) is 5.91 Å². The van der Waals surface area contributed by atoms with Crippen molar-refractivity contribution >= 4 is 29.6 Å². The lowest BCUT2D eigenvalue weighted by Gasteiger charge is -2.40. The molecule has 0 spiro atoms. The predicted molar refractivity (Wildman–Crippen MR) is 115 cm³/mol. The number of nitrogens with zero attached hydrogens (tertiary/aromatic N) is 5. The number of allylic oxidation sites excluding steroid dienone is 2. The van der Waals surface area contributed by atoms with Gasteiger partial charge in [0.15, 0.2) is 12.2 Å². The van der Waals surface area contributed by atoms with Gasteiger partial charge in [-0.25, -0.2) is 9.79 Å². The maximum Gasteiger partial charge on any atom is 0.328 e. The molecule has 3 amide bonds. The summed E-state index contributed by atoms with van der Waals surface area (Å²) < 4.78 is 4.95. The predicted octanol–water partition coefficient (Wildman–Crippen LogP) is 2.14. The summed E-state index contributed by atoms with van der Waals surface area (Å²) in [4.78, 5) is 49.4. The first kappa shape index (κ1) is 20.9. The van der Waals surface area contributed by atoms with Crippen molar-refractivity contribution in [2.45, 2.75) is 46.3 Å². The minimum Gasteiger partial charge on any atom is -0.465 e. The number of aryl methyl sites for hydroxylation is 1. The van der Waals surface area contributed by atoms with E-state index >= 15 is 0 Å². The Hall–Kier alpha value is -3.36.